The molecule has 0 saturated heterocycles. The number of fused-ring (bicyclic) bond motifs is 1. The highest BCUT2D eigenvalue weighted by molar-refractivity contribution is 7.92. The van der Waals surface area contributed by atoms with Crippen molar-refractivity contribution < 1.29 is 32.2 Å². The number of nitrogens with one attached hydrogen (secondary N) is 1. The summed E-state index contributed by atoms with van der Waals surface area (Å²) in [5.41, 5.74) is 1.30. The molecule has 1 heterocycles. The molecule has 11 heteroatoms. The first-order valence-corrected chi connectivity index (χ1v) is 15.1. The van der Waals surface area contributed by atoms with Crippen LogP contribution in [0.4, 0.5) is 5.69 Å². The number of benzene rings is 2. The minimum Gasteiger partial charge on any atom is -0.497 e. The van der Waals surface area contributed by atoms with Gasteiger partial charge in [-0.25, -0.2) is 8.42 Å². The van der Waals surface area contributed by atoms with Crippen molar-refractivity contribution >= 4 is 27.5 Å². The standard InChI is InChI=1S/C28H39N3O7S/c1-5-7-16-29-28(33)24(6-2)30(19-21-10-13-23(36-3)14-11-21)27(32)9-8-17-31(39(4,34)35)22-12-15-25-26(18-22)38-20-37-25/h10-15,18,24H,5-9,16-17,19-20H2,1-4H3,(H,29,33)/t24-/m1/s1. The van der Waals surface area contributed by atoms with Gasteiger partial charge in [-0.1, -0.05) is 32.4 Å². The Kier molecular flexibility index (Phi) is 10.8. The van der Waals surface area contributed by atoms with E-state index in [1.807, 2.05) is 38.1 Å². The maximum absolute atomic E-state index is 13.5. The quantitative estimate of drug-likeness (QED) is 0.330. The average molecular weight is 562 g/mol. The molecule has 1 aliphatic heterocycles. The lowest BCUT2D eigenvalue weighted by atomic mass is 10.1. The molecule has 0 spiro atoms. The molecule has 2 amide bonds. The number of carbonyl (C=O) groups excluding carboxylic acids is 2. The molecule has 0 fully saturated rings. The summed E-state index contributed by atoms with van der Waals surface area (Å²) in [6.07, 6.45) is 3.73. The molecule has 0 bridgehead atoms. The van der Waals surface area contributed by atoms with E-state index in [9.17, 15) is 18.0 Å². The van der Waals surface area contributed by atoms with Gasteiger partial charge in [0.1, 0.15) is 11.8 Å². The number of hydrogen-bond donors (Lipinski definition) is 1. The van der Waals surface area contributed by atoms with Crippen LogP contribution in [0, 0.1) is 0 Å². The van der Waals surface area contributed by atoms with E-state index in [0.29, 0.717) is 35.9 Å². The van der Waals surface area contributed by atoms with Gasteiger partial charge in [0.05, 0.1) is 19.1 Å². The van der Waals surface area contributed by atoms with Crippen molar-refractivity contribution in [2.24, 2.45) is 0 Å². The van der Waals surface area contributed by atoms with Crippen LogP contribution in [-0.2, 0) is 26.2 Å². The monoisotopic (exact) mass is 561 g/mol. The molecule has 2 aromatic rings. The summed E-state index contributed by atoms with van der Waals surface area (Å²) >= 11 is 0. The SMILES string of the molecule is CCCCNC(=O)[C@@H](CC)N(Cc1ccc(OC)cc1)C(=O)CCCN(c1ccc2c(c1)OCO2)S(C)(=O)=O. The Balaban J connectivity index is 1.75. The molecule has 0 saturated carbocycles. The lowest BCUT2D eigenvalue weighted by Crippen LogP contribution is -2.49. The minimum atomic E-state index is -3.62. The van der Waals surface area contributed by atoms with Gasteiger partial charge in [-0.2, -0.15) is 0 Å². The first-order valence-electron chi connectivity index (χ1n) is 13.2. The first-order chi connectivity index (χ1) is 18.7. The zero-order chi connectivity index (χ0) is 28.4. The van der Waals surface area contributed by atoms with Gasteiger partial charge >= 0.3 is 0 Å². The first kappa shape index (κ1) is 30.1. The van der Waals surface area contributed by atoms with E-state index in [4.69, 9.17) is 14.2 Å². The Bertz CT molecular complexity index is 1220. The normalized spacial score (nSPS) is 13.0. The zero-order valence-corrected chi connectivity index (χ0v) is 24.0. The Hall–Kier alpha value is -3.47. The van der Waals surface area contributed by atoms with Crippen molar-refractivity contribution in [2.45, 2.75) is 58.5 Å². The lowest BCUT2D eigenvalue weighted by molar-refractivity contribution is -0.141. The number of sulfonamides is 1. The fraction of sp³-hybridized carbons (Fsp3) is 0.500. The Labute approximate surface area is 231 Å². The van der Waals surface area contributed by atoms with Crippen LogP contribution >= 0.6 is 0 Å². The number of hydrogen-bond acceptors (Lipinski definition) is 7. The fourth-order valence-electron chi connectivity index (χ4n) is 4.40. The van der Waals surface area contributed by atoms with Gasteiger partial charge in [0, 0.05) is 32.1 Å². The Morgan fingerprint density at radius 3 is 2.41 bits per heavy atom. The summed E-state index contributed by atoms with van der Waals surface area (Å²) in [5, 5.41) is 2.95. The molecule has 214 valence electrons. The second-order valence-electron chi connectivity index (χ2n) is 9.41. The van der Waals surface area contributed by atoms with Crippen molar-refractivity contribution in [1.29, 1.82) is 0 Å². The molecule has 2 aromatic carbocycles. The van der Waals surface area contributed by atoms with Crippen LogP contribution in [-0.4, -0.2) is 64.4 Å². The van der Waals surface area contributed by atoms with Crippen LogP contribution in [0.5, 0.6) is 17.2 Å². The van der Waals surface area contributed by atoms with Gasteiger partial charge in [-0.05, 0) is 49.1 Å². The molecule has 39 heavy (non-hydrogen) atoms. The van der Waals surface area contributed by atoms with Gasteiger partial charge < -0.3 is 24.4 Å². The fourth-order valence-corrected chi connectivity index (χ4v) is 5.35. The predicted molar refractivity (Wildman–Crippen MR) is 150 cm³/mol. The summed E-state index contributed by atoms with van der Waals surface area (Å²) in [4.78, 5) is 28.2. The van der Waals surface area contributed by atoms with Crippen LogP contribution in [0.1, 0.15) is 51.5 Å². The third kappa shape index (κ3) is 8.26. The van der Waals surface area contributed by atoms with E-state index in [2.05, 4.69) is 5.32 Å². The highest BCUT2D eigenvalue weighted by Crippen LogP contribution is 2.36. The number of unbranched alkanes of at least 4 members (excludes halogenated alkanes) is 1. The Morgan fingerprint density at radius 1 is 1.05 bits per heavy atom. The molecule has 3 rings (SSSR count). The molecule has 1 aliphatic rings. The second kappa shape index (κ2) is 14.1. The third-order valence-electron chi connectivity index (χ3n) is 6.52. The smallest absolute Gasteiger partial charge is 0.242 e. The number of carbonyl (C=O) groups is 2. The maximum atomic E-state index is 13.5. The largest absolute Gasteiger partial charge is 0.497 e. The third-order valence-corrected chi connectivity index (χ3v) is 7.72. The summed E-state index contributed by atoms with van der Waals surface area (Å²) in [5.74, 6) is 1.32. The van der Waals surface area contributed by atoms with Gasteiger partial charge in [0.25, 0.3) is 0 Å². The molecular formula is C28H39N3O7S. The van der Waals surface area contributed by atoms with Crippen molar-refractivity contribution in [3.63, 3.8) is 0 Å². The van der Waals surface area contributed by atoms with E-state index < -0.39 is 16.1 Å². The van der Waals surface area contributed by atoms with Crippen LogP contribution in [0.25, 0.3) is 0 Å². The summed E-state index contributed by atoms with van der Waals surface area (Å²) in [7, 11) is -2.03. The molecule has 0 unspecified atom stereocenters. The minimum absolute atomic E-state index is 0.0749. The van der Waals surface area contributed by atoms with E-state index in [-0.39, 0.29) is 44.5 Å². The van der Waals surface area contributed by atoms with Crippen LogP contribution in [0.3, 0.4) is 0 Å². The molecule has 10 nitrogen and oxygen atoms in total. The molecule has 0 aromatic heterocycles. The topological polar surface area (TPSA) is 114 Å². The van der Waals surface area contributed by atoms with E-state index >= 15 is 0 Å². The van der Waals surface area contributed by atoms with E-state index in [1.165, 1.54) is 4.31 Å². The molecule has 1 atom stereocenters. The van der Waals surface area contributed by atoms with Crippen molar-refractivity contribution in [1.82, 2.24) is 10.2 Å². The average Bonchev–Trinajstić information content (AvgIpc) is 3.38. The van der Waals surface area contributed by atoms with Gasteiger partial charge in [0.2, 0.25) is 28.6 Å². The summed E-state index contributed by atoms with van der Waals surface area (Å²) in [6.45, 7) is 4.91. The van der Waals surface area contributed by atoms with Crippen molar-refractivity contribution in [3.8, 4) is 17.2 Å². The number of rotatable bonds is 15. The van der Waals surface area contributed by atoms with Crippen LogP contribution < -0.4 is 23.8 Å². The second-order valence-corrected chi connectivity index (χ2v) is 11.3. The predicted octanol–water partition coefficient (Wildman–Crippen LogP) is 3.69. The molecular weight excluding hydrogens is 522 g/mol. The highest BCUT2D eigenvalue weighted by atomic mass is 32.2. The summed E-state index contributed by atoms with van der Waals surface area (Å²) < 4.78 is 42.4. The summed E-state index contributed by atoms with van der Waals surface area (Å²) in [6, 6.07) is 11.7. The zero-order valence-electron chi connectivity index (χ0n) is 23.1. The Morgan fingerprint density at radius 2 is 1.77 bits per heavy atom. The molecule has 1 N–H and O–H groups in total. The van der Waals surface area contributed by atoms with Gasteiger partial charge in [0.15, 0.2) is 11.5 Å². The van der Waals surface area contributed by atoms with Crippen molar-refractivity contribution in [2.75, 3.05) is 37.6 Å². The van der Waals surface area contributed by atoms with Crippen LogP contribution in [0.15, 0.2) is 42.5 Å². The lowest BCUT2D eigenvalue weighted by Gasteiger charge is -2.31. The van der Waals surface area contributed by atoms with Gasteiger partial charge in [-0.3, -0.25) is 13.9 Å². The molecule has 0 radical (unpaired) electrons. The number of methoxy groups -OCH3 is 1. The van der Waals surface area contributed by atoms with E-state index in [1.54, 1.807) is 30.2 Å². The number of amides is 2. The van der Waals surface area contributed by atoms with Crippen molar-refractivity contribution in [3.05, 3.63) is 48.0 Å². The highest BCUT2D eigenvalue weighted by Gasteiger charge is 2.29. The number of nitrogens with zero attached hydrogens (tertiary/aromatic N) is 2. The maximum Gasteiger partial charge on any atom is 0.242 e. The number of ether oxygens (including phenoxy) is 3. The molecule has 0 aliphatic carbocycles. The number of anilines is 1. The van der Waals surface area contributed by atoms with Crippen LogP contribution in [0.2, 0.25) is 0 Å². The van der Waals surface area contributed by atoms with E-state index in [0.717, 1.165) is 24.7 Å². The van der Waals surface area contributed by atoms with Gasteiger partial charge in [-0.15, -0.1) is 0 Å².